The molecule has 0 amide bonds. The van der Waals surface area contributed by atoms with Gasteiger partial charge in [-0.15, -0.1) is 0 Å². The Kier molecular flexibility index (Phi) is 4.27. The third kappa shape index (κ3) is 3.48. The first-order valence-corrected chi connectivity index (χ1v) is 6.09. The smallest absolute Gasteiger partial charge is 0.131 e. The highest BCUT2D eigenvalue weighted by atomic mass is 19.1. The van der Waals surface area contributed by atoms with E-state index in [9.17, 15) is 19.0 Å². The zero-order valence-corrected chi connectivity index (χ0v) is 9.94. The van der Waals surface area contributed by atoms with Crippen molar-refractivity contribution in [2.75, 3.05) is 13.1 Å². The molecule has 0 heterocycles. The van der Waals surface area contributed by atoms with Crippen LogP contribution in [0, 0.1) is 17.6 Å². The van der Waals surface area contributed by atoms with Gasteiger partial charge in [0.25, 0.3) is 0 Å². The number of halogens is 2. The lowest BCUT2D eigenvalue weighted by molar-refractivity contribution is 0.131. The fourth-order valence-corrected chi connectivity index (χ4v) is 1.90. The fourth-order valence-electron chi connectivity index (χ4n) is 1.90. The van der Waals surface area contributed by atoms with Crippen LogP contribution in [0.2, 0.25) is 0 Å². The van der Waals surface area contributed by atoms with Gasteiger partial charge < -0.3 is 15.5 Å². The second kappa shape index (κ2) is 5.73. The van der Waals surface area contributed by atoms with Crippen LogP contribution < -0.4 is 5.32 Å². The second-order valence-electron chi connectivity index (χ2n) is 4.74. The maximum absolute atomic E-state index is 13.3. The molecule has 0 radical (unpaired) electrons. The van der Waals surface area contributed by atoms with Gasteiger partial charge in [-0.2, -0.15) is 0 Å². The minimum absolute atomic E-state index is 0.0600. The number of aliphatic hydroxyl groups is 2. The highest BCUT2D eigenvalue weighted by Gasteiger charge is 2.29. The zero-order valence-electron chi connectivity index (χ0n) is 9.94. The summed E-state index contributed by atoms with van der Waals surface area (Å²) in [5, 5.41) is 22.2. The molecule has 1 aromatic rings. The third-order valence-corrected chi connectivity index (χ3v) is 3.18. The largest absolute Gasteiger partial charge is 0.392 e. The third-order valence-electron chi connectivity index (χ3n) is 3.18. The van der Waals surface area contributed by atoms with Gasteiger partial charge in [0.05, 0.1) is 12.2 Å². The molecule has 0 aliphatic heterocycles. The highest BCUT2D eigenvalue weighted by molar-refractivity contribution is 5.21. The van der Waals surface area contributed by atoms with E-state index < -0.39 is 23.8 Å². The summed E-state index contributed by atoms with van der Waals surface area (Å²) in [6.07, 6.45) is 0.628. The first-order chi connectivity index (χ1) is 8.58. The summed E-state index contributed by atoms with van der Waals surface area (Å²) in [6, 6.07) is 3.09. The summed E-state index contributed by atoms with van der Waals surface area (Å²) in [4.78, 5) is 0. The van der Waals surface area contributed by atoms with Gasteiger partial charge in [-0.3, -0.25) is 0 Å². The van der Waals surface area contributed by atoms with E-state index in [4.69, 9.17) is 0 Å². The molecule has 5 heteroatoms. The van der Waals surface area contributed by atoms with Crippen molar-refractivity contribution >= 4 is 0 Å². The summed E-state index contributed by atoms with van der Waals surface area (Å²) in [5.74, 6) is -1.06. The maximum atomic E-state index is 13.3. The molecular weight excluding hydrogens is 240 g/mol. The predicted molar refractivity (Wildman–Crippen MR) is 62.9 cm³/mol. The topological polar surface area (TPSA) is 52.5 Å². The van der Waals surface area contributed by atoms with Gasteiger partial charge in [0.15, 0.2) is 0 Å². The van der Waals surface area contributed by atoms with E-state index in [0.717, 1.165) is 25.0 Å². The van der Waals surface area contributed by atoms with Gasteiger partial charge >= 0.3 is 0 Å². The van der Waals surface area contributed by atoms with Crippen molar-refractivity contribution in [3.63, 3.8) is 0 Å². The van der Waals surface area contributed by atoms with Gasteiger partial charge in [-0.05, 0) is 24.8 Å². The van der Waals surface area contributed by atoms with E-state index in [1.54, 1.807) is 0 Å². The average Bonchev–Trinajstić information content (AvgIpc) is 3.12. The molecule has 1 aliphatic carbocycles. The molecule has 0 bridgehead atoms. The Hall–Kier alpha value is -1.04. The number of hydrogen-bond acceptors (Lipinski definition) is 3. The lowest BCUT2D eigenvalue weighted by Crippen LogP contribution is -2.31. The maximum Gasteiger partial charge on any atom is 0.131 e. The van der Waals surface area contributed by atoms with Crippen LogP contribution in [-0.2, 0) is 0 Å². The van der Waals surface area contributed by atoms with Crippen LogP contribution >= 0.6 is 0 Å². The Morgan fingerprint density at radius 2 is 1.94 bits per heavy atom. The number of rotatable bonds is 6. The summed E-state index contributed by atoms with van der Waals surface area (Å²) in [5.41, 5.74) is 0.0600. The van der Waals surface area contributed by atoms with Crippen molar-refractivity contribution in [3.8, 4) is 0 Å². The summed E-state index contributed by atoms with van der Waals surface area (Å²) in [6.45, 7) is 0.511. The van der Waals surface area contributed by atoms with Gasteiger partial charge in [-0.1, -0.05) is 6.07 Å². The molecule has 1 aliphatic rings. The van der Waals surface area contributed by atoms with Crippen LogP contribution in [0.3, 0.4) is 0 Å². The lowest BCUT2D eigenvalue weighted by atomic mass is 10.1. The van der Waals surface area contributed by atoms with Gasteiger partial charge in [0, 0.05) is 24.7 Å². The molecule has 1 saturated carbocycles. The SMILES string of the molecule is OC(CNCC(O)C1CC1)c1ccc(F)cc1F. The van der Waals surface area contributed by atoms with Crippen molar-refractivity contribution in [2.24, 2.45) is 5.92 Å². The average molecular weight is 257 g/mol. The first-order valence-electron chi connectivity index (χ1n) is 6.09. The molecule has 3 N–H and O–H groups in total. The zero-order chi connectivity index (χ0) is 13.1. The van der Waals surface area contributed by atoms with E-state index in [0.29, 0.717) is 12.5 Å². The Morgan fingerprint density at radius 1 is 1.22 bits per heavy atom. The molecular formula is C13H17F2NO2. The normalized spacial score (nSPS) is 18.7. The molecule has 0 spiro atoms. The van der Waals surface area contributed by atoms with Crippen LogP contribution in [-0.4, -0.2) is 29.4 Å². The summed E-state index contributed by atoms with van der Waals surface area (Å²) >= 11 is 0. The standard InChI is InChI=1S/C13H17F2NO2/c14-9-3-4-10(11(15)5-9)13(18)7-16-6-12(17)8-1-2-8/h3-5,8,12-13,16-18H,1-2,6-7H2. The molecule has 1 aromatic carbocycles. The molecule has 3 nitrogen and oxygen atoms in total. The molecule has 2 atom stereocenters. The number of nitrogens with one attached hydrogen (secondary N) is 1. The van der Waals surface area contributed by atoms with Gasteiger partial charge in [0.2, 0.25) is 0 Å². The Balaban J connectivity index is 1.81. The van der Waals surface area contributed by atoms with E-state index >= 15 is 0 Å². The van der Waals surface area contributed by atoms with Crippen molar-refractivity contribution in [1.82, 2.24) is 5.32 Å². The number of benzene rings is 1. The van der Waals surface area contributed by atoms with Crippen LogP contribution in [0.4, 0.5) is 8.78 Å². The number of aliphatic hydroxyl groups excluding tert-OH is 2. The minimum atomic E-state index is -1.04. The monoisotopic (exact) mass is 257 g/mol. The summed E-state index contributed by atoms with van der Waals surface area (Å²) in [7, 11) is 0. The van der Waals surface area contributed by atoms with Crippen LogP contribution in [0.15, 0.2) is 18.2 Å². The van der Waals surface area contributed by atoms with Gasteiger partial charge in [0.1, 0.15) is 11.6 Å². The van der Waals surface area contributed by atoms with Gasteiger partial charge in [-0.25, -0.2) is 8.78 Å². The number of hydrogen-bond donors (Lipinski definition) is 3. The Morgan fingerprint density at radius 3 is 2.56 bits per heavy atom. The Labute approximate surface area is 104 Å². The molecule has 2 rings (SSSR count). The van der Waals surface area contributed by atoms with E-state index in [1.165, 1.54) is 6.07 Å². The van der Waals surface area contributed by atoms with Crippen molar-refractivity contribution in [1.29, 1.82) is 0 Å². The molecule has 2 unspecified atom stereocenters. The summed E-state index contributed by atoms with van der Waals surface area (Å²) < 4.78 is 26.0. The van der Waals surface area contributed by atoms with Crippen LogP contribution in [0.25, 0.3) is 0 Å². The molecule has 100 valence electrons. The molecule has 0 saturated heterocycles. The quantitative estimate of drug-likeness (QED) is 0.721. The molecule has 18 heavy (non-hydrogen) atoms. The van der Waals surface area contributed by atoms with Crippen molar-refractivity contribution in [2.45, 2.75) is 25.0 Å². The van der Waals surface area contributed by atoms with E-state index in [1.807, 2.05) is 0 Å². The Bertz CT molecular complexity index is 410. The first kappa shape index (κ1) is 13.4. The molecule has 0 aromatic heterocycles. The van der Waals surface area contributed by atoms with Crippen molar-refractivity contribution < 1.29 is 19.0 Å². The van der Waals surface area contributed by atoms with Crippen LogP contribution in [0.1, 0.15) is 24.5 Å². The minimum Gasteiger partial charge on any atom is -0.392 e. The predicted octanol–water partition coefficient (Wildman–Crippen LogP) is 1.36. The fraction of sp³-hybridized carbons (Fsp3) is 0.538. The second-order valence-corrected chi connectivity index (χ2v) is 4.74. The highest BCUT2D eigenvalue weighted by Crippen LogP contribution is 2.32. The van der Waals surface area contributed by atoms with E-state index in [-0.39, 0.29) is 12.1 Å². The van der Waals surface area contributed by atoms with Crippen molar-refractivity contribution in [3.05, 3.63) is 35.4 Å². The molecule has 1 fully saturated rings. The lowest BCUT2D eigenvalue weighted by Gasteiger charge is -2.15. The van der Waals surface area contributed by atoms with Crippen LogP contribution in [0.5, 0.6) is 0 Å². The van der Waals surface area contributed by atoms with E-state index in [2.05, 4.69) is 5.32 Å².